The summed E-state index contributed by atoms with van der Waals surface area (Å²) in [4.78, 5) is 22.4. The smallest absolute Gasteiger partial charge is 0.255 e. The van der Waals surface area contributed by atoms with E-state index in [2.05, 4.69) is 20.6 Å². The molecule has 2 N–H and O–H groups in total. The lowest BCUT2D eigenvalue weighted by Crippen LogP contribution is -2.31. The summed E-state index contributed by atoms with van der Waals surface area (Å²) < 4.78 is 1.75. The summed E-state index contributed by atoms with van der Waals surface area (Å²) in [6.45, 7) is 1.87. The van der Waals surface area contributed by atoms with Gasteiger partial charge in [0.15, 0.2) is 0 Å². The van der Waals surface area contributed by atoms with Gasteiger partial charge < -0.3 is 10.6 Å². The molecule has 0 aliphatic carbocycles. The summed E-state index contributed by atoms with van der Waals surface area (Å²) in [7, 11) is 0. The van der Waals surface area contributed by atoms with Gasteiger partial charge in [-0.25, -0.2) is 4.68 Å². The number of anilines is 2. The monoisotopic (exact) mass is 488 g/mol. The second-order valence-electron chi connectivity index (χ2n) is 7.72. The highest BCUT2D eigenvalue weighted by Gasteiger charge is 2.34. The number of rotatable bonds is 6. The Hall–Kier alpha value is -3.62. The molecule has 3 heterocycles. The van der Waals surface area contributed by atoms with Crippen molar-refractivity contribution >= 4 is 40.9 Å². The van der Waals surface area contributed by atoms with Crippen LogP contribution in [0.1, 0.15) is 24.1 Å². The molecule has 1 unspecified atom stereocenters. The second kappa shape index (κ2) is 9.70. The zero-order valence-electron chi connectivity index (χ0n) is 18.3. The Kier molecular flexibility index (Phi) is 6.33. The van der Waals surface area contributed by atoms with Crippen LogP contribution in [-0.4, -0.2) is 25.7 Å². The van der Waals surface area contributed by atoms with Crippen molar-refractivity contribution in [1.82, 2.24) is 19.7 Å². The number of nitrogens with one attached hydrogen (secondary N) is 2. The molecular weight excluding hydrogens is 468 g/mol. The van der Waals surface area contributed by atoms with Crippen LogP contribution >= 0.6 is 23.4 Å². The zero-order chi connectivity index (χ0) is 23.5. The number of amides is 1. The first-order chi connectivity index (χ1) is 16.6. The molecular formula is C25H21ClN6OS. The van der Waals surface area contributed by atoms with E-state index in [0.29, 0.717) is 33.2 Å². The van der Waals surface area contributed by atoms with E-state index in [4.69, 9.17) is 16.7 Å². The number of hydrogen-bond donors (Lipinski definition) is 2. The van der Waals surface area contributed by atoms with E-state index in [9.17, 15) is 4.79 Å². The minimum atomic E-state index is -0.476. The van der Waals surface area contributed by atoms with Crippen molar-refractivity contribution in [2.75, 3.05) is 10.6 Å². The van der Waals surface area contributed by atoms with Crippen LogP contribution in [0, 0.1) is 0 Å². The van der Waals surface area contributed by atoms with Gasteiger partial charge in [-0.05, 0) is 42.3 Å². The number of benzene rings is 2. The molecule has 2 aromatic carbocycles. The number of carbonyl (C=O) groups excluding carboxylic acids is 1. The zero-order valence-corrected chi connectivity index (χ0v) is 19.8. The molecule has 0 saturated carbocycles. The predicted molar refractivity (Wildman–Crippen MR) is 135 cm³/mol. The van der Waals surface area contributed by atoms with E-state index in [0.717, 1.165) is 16.8 Å². The van der Waals surface area contributed by atoms with Crippen LogP contribution in [0.3, 0.4) is 0 Å². The minimum absolute atomic E-state index is 0.212. The number of allylic oxidation sites excluding steroid dienone is 1. The molecule has 7 nitrogen and oxygen atoms in total. The lowest BCUT2D eigenvalue weighted by Gasteiger charge is -2.28. The largest absolute Gasteiger partial charge is 0.328 e. The second-order valence-corrected chi connectivity index (χ2v) is 9.07. The first-order valence-corrected chi connectivity index (χ1v) is 12.0. The number of pyridine rings is 1. The van der Waals surface area contributed by atoms with E-state index >= 15 is 0 Å². The van der Waals surface area contributed by atoms with Crippen LogP contribution in [0.5, 0.6) is 0 Å². The van der Waals surface area contributed by atoms with E-state index in [-0.39, 0.29) is 5.91 Å². The van der Waals surface area contributed by atoms with Crippen LogP contribution in [-0.2, 0) is 10.5 Å². The number of carbonyl (C=O) groups is 1. The Labute approximate surface area is 206 Å². The van der Waals surface area contributed by atoms with Gasteiger partial charge in [-0.15, -0.1) is 5.10 Å². The fourth-order valence-electron chi connectivity index (χ4n) is 3.81. The third-order valence-corrected chi connectivity index (χ3v) is 6.68. The molecule has 1 atom stereocenters. The summed E-state index contributed by atoms with van der Waals surface area (Å²) in [6, 6.07) is 20.4. The summed E-state index contributed by atoms with van der Waals surface area (Å²) in [6.07, 6.45) is 3.46. The molecule has 170 valence electrons. The van der Waals surface area contributed by atoms with Crippen molar-refractivity contribution in [3.63, 3.8) is 0 Å². The Bertz CT molecular complexity index is 1360. The highest BCUT2D eigenvalue weighted by atomic mass is 35.5. The third-order valence-electron chi connectivity index (χ3n) is 5.42. The predicted octanol–water partition coefficient (Wildman–Crippen LogP) is 5.55. The average Bonchev–Trinajstić information content (AvgIpc) is 3.26. The molecule has 0 saturated heterocycles. The number of hydrogen-bond acceptors (Lipinski definition) is 6. The molecule has 0 spiro atoms. The molecule has 1 aliphatic rings. The van der Waals surface area contributed by atoms with Gasteiger partial charge >= 0.3 is 0 Å². The Morgan fingerprint density at radius 1 is 1.12 bits per heavy atom. The summed E-state index contributed by atoms with van der Waals surface area (Å²) >= 11 is 7.79. The van der Waals surface area contributed by atoms with Gasteiger partial charge in [-0.1, -0.05) is 65.8 Å². The normalized spacial score (nSPS) is 14.9. The number of para-hydroxylation sites is 1. The summed E-state index contributed by atoms with van der Waals surface area (Å²) in [5, 5.41) is 12.3. The van der Waals surface area contributed by atoms with Crippen LogP contribution in [0.15, 0.2) is 95.6 Å². The number of thioether (sulfide) groups is 1. The van der Waals surface area contributed by atoms with Crippen LogP contribution in [0.4, 0.5) is 11.6 Å². The quantitative estimate of drug-likeness (QED) is 0.346. The Morgan fingerprint density at radius 3 is 2.68 bits per heavy atom. The Morgan fingerprint density at radius 2 is 1.91 bits per heavy atom. The summed E-state index contributed by atoms with van der Waals surface area (Å²) in [5.74, 6) is 0.995. The molecule has 0 fully saturated rings. The number of aromatic nitrogens is 4. The van der Waals surface area contributed by atoms with Crippen molar-refractivity contribution < 1.29 is 4.79 Å². The topological polar surface area (TPSA) is 84.7 Å². The molecule has 1 amide bonds. The number of nitrogens with zero attached hydrogens (tertiary/aromatic N) is 4. The standard InChI is InChI=1S/C25H21ClN6OS/c1-16-21(23(33)29-19-10-3-2-4-11-19)22(17-9-7-13-27-14-17)32-24(28-16)30-25(31-32)34-15-18-8-5-6-12-20(18)26/h2-14,22H,15H2,1H3,(H,29,33)(H,28,30,31). The molecule has 9 heteroatoms. The fourth-order valence-corrected chi connectivity index (χ4v) is 4.93. The van der Waals surface area contributed by atoms with Gasteiger partial charge in [0, 0.05) is 34.6 Å². The SMILES string of the molecule is CC1=C(C(=O)Nc2ccccc2)C(c2cccnc2)n2nc(SCc3ccccc3Cl)nc2N1. The van der Waals surface area contributed by atoms with Crippen molar-refractivity contribution in [2.45, 2.75) is 23.9 Å². The van der Waals surface area contributed by atoms with E-state index in [1.54, 1.807) is 17.1 Å². The maximum atomic E-state index is 13.4. The van der Waals surface area contributed by atoms with Gasteiger partial charge in [0.25, 0.3) is 5.91 Å². The van der Waals surface area contributed by atoms with Crippen LogP contribution in [0.25, 0.3) is 0 Å². The lowest BCUT2D eigenvalue weighted by molar-refractivity contribution is -0.113. The number of fused-ring (bicyclic) bond motifs is 1. The minimum Gasteiger partial charge on any atom is -0.328 e. The Balaban J connectivity index is 1.48. The van der Waals surface area contributed by atoms with Crippen molar-refractivity contribution in [3.05, 3.63) is 107 Å². The lowest BCUT2D eigenvalue weighted by atomic mass is 9.96. The molecule has 0 radical (unpaired) electrons. The summed E-state index contributed by atoms with van der Waals surface area (Å²) in [5.41, 5.74) is 3.84. The average molecular weight is 489 g/mol. The van der Waals surface area contributed by atoms with E-state index < -0.39 is 6.04 Å². The van der Waals surface area contributed by atoms with Gasteiger partial charge in [0.05, 0.1) is 5.57 Å². The first kappa shape index (κ1) is 22.2. The van der Waals surface area contributed by atoms with Gasteiger partial charge in [0.1, 0.15) is 6.04 Å². The molecule has 2 aromatic heterocycles. The van der Waals surface area contributed by atoms with Gasteiger partial charge in [-0.2, -0.15) is 4.98 Å². The first-order valence-electron chi connectivity index (χ1n) is 10.7. The van der Waals surface area contributed by atoms with Gasteiger partial charge in [-0.3, -0.25) is 9.78 Å². The molecule has 5 rings (SSSR count). The molecule has 4 aromatic rings. The van der Waals surface area contributed by atoms with Crippen LogP contribution in [0.2, 0.25) is 5.02 Å². The van der Waals surface area contributed by atoms with E-state index in [1.807, 2.05) is 73.7 Å². The third kappa shape index (κ3) is 4.55. The highest BCUT2D eigenvalue weighted by molar-refractivity contribution is 7.98. The number of halogens is 1. The molecule has 1 aliphatic heterocycles. The molecule has 34 heavy (non-hydrogen) atoms. The maximum Gasteiger partial charge on any atom is 0.255 e. The van der Waals surface area contributed by atoms with Crippen LogP contribution < -0.4 is 10.6 Å². The van der Waals surface area contributed by atoms with Gasteiger partial charge in [0.2, 0.25) is 11.1 Å². The molecule has 0 bridgehead atoms. The van der Waals surface area contributed by atoms with E-state index in [1.165, 1.54) is 11.8 Å². The maximum absolute atomic E-state index is 13.4. The van der Waals surface area contributed by atoms with Crippen molar-refractivity contribution in [3.8, 4) is 0 Å². The van der Waals surface area contributed by atoms with Crippen molar-refractivity contribution in [2.24, 2.45) is 0 Å². The fraction of sp³-hybridized carbons (Fsp3) is 0.120. The van der Waals surface area contributed by atoms with Crippen molar-refractivity contribution in [1.29, 1.82) is 0 Å². The highest BCUT2D eigenvalue weighted by Crippen LogP contribution is 2.37.